The summed E-state index contributed by atoms with van der Waals surface area (Å²) < 4.78 is 4.53. The van der Waals surface area contributed by atoms with Crippen LogP contribution in [0.5, 0.6) is 0 Å². The molecule has 0 amide bonds. The van der Waals surface area contributed by atoms with Gasteiger partial charge >= 0.3 is 11.9 Å². The van der Waals surface area contributed by atoms with Crippen LogP contribution in [0.15, 0.2) is 11.6 Å². The molecule has 0 aliphatic carbocycles. The maximum atomic E-state index is 10.9. The van der Waals surface area contributed by atoms with Gasteiger partial charge in [0.15, 0.2) is 0 Å². The molecule has 0 aromatic heterocycles. The van der Waals surface area contributed by atoms with Crippen LogP contribution in [-0.4, -0.2) is 23.7 Å². The molecular weight excluding hydrogens is 160 g/mol. The Labute approximate surface area is 70.8 Å². The molecule has 1 N–H and O–H groups in total. The maximum absolute atomic E-state index is 10.9. The quantitative estimate of drug-likeness (QED) is 0.297. The second kappa shape index (κ2) is 5.35. The molecule has 0 radical (unpaired) electrons. The van der Waals surface area contributed by atoms with E-state index >= 15 is 0 Å². The van der Waals surface area contributed by atoms with Gasteiger partial charge in [0.2, 0.25) is 0 Å². The number of allylic oxidation sites excluding steroid dienone is 1. The molecule has 0 fully saturated rings. The van der Waals surface area contributed by atoms with Crippen LogP contribution in [0, 0.1) is 0 Å². The number of esters is 1. The highest BCUT2D eigenvalue weighted by Gasteiger charge is 2.16. The van der Waals surface area contributed by atoms with Crippen LogP contribution < -0.4 is 0 Å². The predicted octanol–water partition coefficient (Wildman–Crippen LogP) is 0.970. The zero-order valence-corrected chi connectivity index (χ0v) is 7.16. The summed E-state index contributed by atoms with van der Waals surface area (Å²) in [6, 6.07) is 0. The van der Waals surface area contributed by atoms with E-state index in [4.69, 9.17) is 5.11 Å². The largest absolute Gasteiger partial charge is 0.477 e. The maximum Gasteiger partial charge on any atom is 0.345 e. The van der Waals surface area contributed by atoms with Crippen LogP contribution in [0.2, 0.25) is 0 Å². The van der Waals surface area contributed by atoms with Gasteiger partial charge in [0.05, 0.1) is 6.61 Å². The Hall–Kier alpha value is -1.32. The number of hydrogen-bond donors (Lipinski definition) is 1. The van der Waals surface area contributed by atoms with Crippen LogP contribution >= 0.6 is 0 Å². The monoisotopic (exact) mass is 172 g/mol. The van der Waals surface area contributed by atoms with Crippen LogP contribution in [-0.2, 0) is 14.3 Å². The molecule has 0 unspecified atom stereocenters. The summed E-state index contributed by atoms with van der Waals surface area (Å²) in [6.07, 6.45) is 1.83. The lowest BCUT2D eigenvalue weighted by atomic mass is 10.2. The minimum Gasteiger partial charge on any atom is -0.477 e. The number of carboxylic acid groups (broad SMARTS) is 1. The van der Waals surface area contributed by atoms with Gasteiger partial charge in [0, 0.05) is 0 Å². The first-order valence-corrected chi connectivity index (χ1v) is 3.74. The van der Waals surface area contributed by atoms with Gasteiger partial charge in [-0.1, -0.05) is 13.0 Å². The molecule has 0 aliphatic heterocycles. The fraction of sp³-hybridized carbons (Fsp3) is 0.500. The highest BCUT2D eigenvalue weighted by molar-refractivity contribution is 6.13. The Kier molecular flexibility index (Phi) is 4.76. The summed E-state index contributed by atoms with van der Waals surface area (Å²) >= 11 is 0. The molecule has 0 aliphatic rings. The standard InChI is InChI=1S/C8H12O4/c1-3-5-6(7(9)10)8(11)12-4-2/h5H,3-4H2,1-2H3,(H,9,10)/b6-5+. The summed E-state index contributed by atoms with van der Waals surface area (Å²) in [6.45, 7) is 3.57. The van der Waals surface area contributed by atoms with Crippen molar-refractivity contribution in [2.24, 2.45) is 0 Å². The molecule has 12 heavy (non-hydrogen) atoms. The highest BCUT2D eigenvalue weighted by atomic mass is 16.5. The van der Waals surface area contributed by atoms with Gasteiger partial charge in [-0.3, -0.25) is 0 Å². The van der Waals surface area contributed by atoms with Crippen molar-refractivity contribution in [2.45, 2.75) is 20.3 Å². The first kappa shape index (κ1) is 10.7. The van der Waals surface area contributed by atoms with Gasteiger partial charge in [0.1, 0.15) is 5.57 Å². The number of carbonyl (C=O) groups excluding carboxylic acids is 1. The van der Waals surface area contributed by atoms with Gasteiger partial charge in [-0.05, 0) is 13.3 Å². The predicted molar refractivity (Wildman–Crippen MR) is 42.6 cm³/mol. The van der Waals surface area contributed by atoms with Crippen LogP contribution in [0.25, 0.3) is 0 Å². The fourth-order valence-corrected chi connectivity index (χ4v) is 0.671. The van der Waals surface area contributed by atoms with Crippen LogP contribution in [0.1, 0.15) is 20.3 Å². The van der Waals surface area contributed by atoms with Crippen molar-refractivity contribution < 1.29 is 19.4 Å². The van der Waals surface area contributed by atoms with E-state index in [9.17, 15) is 9.59 Å². The molecule has 68 valence electrons. The summed E-state index contributed by atoms with van der Waals surface area (Å²) in [4.78, 5) is 21.3. The van der Waals surface area contributed by atoms with Gasteiger partial charge < -0.3 is 9.84 Å². The van der Waals surface area contributed by atoms with Crippen LogP contribution in [0.3, 0.4) is 0 Å². The third-order valence-electron chi connectivity index (χ3n) is 1.13. The molecule has 0 aromatic carbocycles. The summed E-state index contributed by atoms with van der Waals surface area (Å²) in [5.74, 6) is -2.01. The smallest absolute Gasteiger partial charge is 0.345 e. The van der Waals surface area contributed by atoms with Gasteiger partial charge in [-0.2, -0.15) is 0 Å². The van der Waals surface area contributed by atoms with Crippen molar-refractivity contribution >= 4 is 11.9 Å². The molecule has 0 spiro atoms. The van der Waals surface area contributed by atoms with Crippen LogP contribution in [0.4, 0.5) is 0 Å². The molecule has 0 saturated carbocycles. The Balaban J connectivity index is 4.41. The molecule has 0 saturated heterocycles. The van der Waals surface area contributed by atoms with Crippen molar-refractivity contribution in [3.05, 3.63) is 11.6 Å². The zero-order chi connectivity index (χ0) is 9.56. The minimum absolute atomic E-state index is 0.188. The average Bonchev–Trinajstić information content (AvgIpc) is 1.99. The Bertz CT molecular complexity index is 205. The molecule has 0 aromatic rings. The topological polar surface area (TPSA) is 63.6 Å². The van der Waals surface area contributed by atoms with Crippen molar-refractivity contribution in [3.63, 3.8) is 0 Å². The van der Waals surface area contributed by atoms with Gasteiger partial charge in [0.25, 0.3) is 0 Å². The molecule has 0 heterocycles. The Morgan fingerprint density at radius 2 is 2.00 bits per heavy atom. The molecule has 0 bridgehead atoms. The second-order valence-corrected chi connectivity index (χ2v) is 2.05. The SMILES string of the molecule is CC/C=C(\C(=O)O)C(=O)OCC. The van der Waals surface area contributed by atoms with E-state index in [0.717, 1.165) is 0 Å². The Morgan fingerprint density at radius 1 is 1.42 bits per heavy atom. The van der Waals surface area contributed by atoms with E-state index in [0.29, 0.717) is 6.42 Å². The minimum atomic E-state index is -1.24. The van der Waals surface area contributed by atoms with Crippen molar-refractivity contribution in [1.82, 2.24) is 0 Å². The van der Waals surface area contributed by atoms with Crippen molar-refractivity contribution in [1.29, 1.82) is 0 Å². The number of carbonyl (C=O) groups is 2. The molecule has 4 heteroatoms. The molecule has 0 rings (SSSR count). The van der Waals surface area contributed by atoms with Crippen molar-refractivity contribution in [2.75, 3.05) is 6.61 Å². The third-order valence-corrected chi connectivity index (χ3v) is 1.13. The average molecular weight is 172 g/mol. The Morgan fingerprint density at radius 3 is 2.33 bits per heavy atom. The van der Waals surface area contributed by atoms with E-state index in [1.807, 2.05) is 0 Å². The summed E-state index contributed by atoms with van der Waals surface area (Å²) in [7, 11) is 0. The van der Waals surface area contributed by atoms with E-state index in [2.05, 4.69) is 4.74 Å². The lowest BCUT2D eigenvalue weighted by Crippen LogP contribution is -2.15. The van der Waals surface area contributed by atoms with Gasteiger partial charge in [-0.15, -0.1) is 0 Å². The van der Waals surface area contributed by atoms with E-state index < -0.39 is 11.9 Å². The van der Waals surface area contributed by atoms with Gasteiger partial charge in [-0.25, -0.2) is 9.59 Å². The highest BCUT2D eigenvalue weighted by Crippen LogP contribution is 2.00. The lowest BCUT2D eigenvalue weighted by Gasteiger charge is -2.00. The number of hydrogen-bond acceptors (Lipinski definition) is 3. The van der Waals surface area contributed by atoms with E-state index in [1.165, 1.54) is 6.08 Å². The number of rotatable bonds is 4. The first-order valence-electron chi connectivity index (χ1n) is 3.74. The summed E-state index contributed by atoms with van der Waals surface area (Å²) in [5.41, 5.74) is -0.292. The number of aliphatic carboxylic acids is 1. The zero-order valence-electron chi connectivity index (χ0n) is 7.16. The summed E-state index contributed by atoms with van der Waals surface area (Å²) in [5, 5.41) is 8.53. The number of carboxylic acids is 1. The van der Waals surface area contributed by atoms with Crippen molar-refractivity contribution in [3.8, 4) is 0 Å². The first-order chi connectivity index (χ1) is 5.63. The third kappa shape index (κ3) is 3.18. The fourth-order valence-electron chi connectivity index (χ4n) is 0.671. The lowest BCUT2D eigenvalue weighted by molar-refractivity contribution is -0.143. The normalized spacial score (nSPS) is 11.0. The number of ether oxygens (including phenoxy) is 1. The van der Waals surface area contributed by atoms with E-state index in [1.54, 1.807) is 13.8 Å². The molecule has 4 nitrogen and oxygen atoms in total. The molecular formula is C8H12O4. The second-order valence-electron chi connectivity index (χ2n) is 2.05. The molecule has 0 atom stereocenters. The van der Waals surface area contributed by atoms with E-state index in [-0.39, 0.29) is 12.2 Å².